The van der Waals surface area contributed by atoms with Crippen LogP contribution in [0, 0.1) is 10.1 Å². The fourth-order valence-electron chi connectivity index (χ4n) is 3.22. The highest BCUT2D eigenvalue weighted by Crippen LogP contribution is 2.39. The van der Waals surface area contributed by atoms with Gasteiger partial charge >= 0.3 is 5.69 Å². The predicted molar refractivity (Wildman–Crippen MR) is 104 cm³/mol. The molecule has 27 heavy (non-hydrogen) atoms. The minimum Gasteiger partial charge on any atom is -0.493 e. The molecule has 0 aliphatic carbocycles. The Labute approximate surface area is 162 Å². The van der Waals surface area contributed by atoms with Gasteiger partial charge in [0, 0.05) is 24.0 Å². The summed E-state index contributed by atoms with van der Waals surface area (Å²) >= 11 is 0. The van der Waals surface area contributed by atoms with E-state index in [1.54, 1.807) is 17.0 Å². The van der Waals surface area contributed by atoms with Crippen LogP contribution < -0.4 is 20.1 Å². The lowest BCUT2D eigenvalue weighted by molar-refractivity contribution is -0.385. The zero-order valence-corrected chi connectivity index (χ0v) is 15.7. The molecule has 1 heterocycles. The molecule has 0 saturated carbocycles. The highest BCUT2D eigenvalue weighted by molar-refractivity contribution is 6.08. The summed E-state index contributed by atoms with van der Waals surface area (Å²) < 4.78 is 10.2. The number of rotatable bonds is 4. The van der Waals surface area contributed by atoms with Crippen LogP contribution in [0.1, 0.15) is 22.3 Å². The molecule has 3 rings (SSSR count). The zero-order chi connectivity index (χ0) is 18.8. The molecule has 2 aromatic rings. The van der Waals surface area contributed by atoms with E-state index in [2.05, 4.69) is 0 Å². The van der Waals surface area contributed by atoms with E-state index >= 15 is 0 Å². The number of nitrogens with two attached hydrogens (primary N) is 1. The summed E-state index contributed by atoms with van der Waals surface area (Å²) in [6, 6.07) is 8.09. The number of nitro benzene ring substituents is 1. The summed E-state index contributed by atoms with van der Waals surface area (Å²) in [4.78, 5) is 25.5. The minimum atomic E-state index is -0.597. The molecule has 8 nitrogen and oxygen atoms in total. The Bertz CT molecular complexity index is 888. The Balaban J connectivity index is 0.00000261. The molecule has 0 spiro atoms. The first-order chi connectivity index (χ1) is 12.5. The number of nitrogen functional groups attached to an aromatic ring is 1. The van der Waals surface area contributed by atoms with Gasteiger partial charge in [0.2, 0.25) is 5.75 Å². The molecular weight excluding hydrogens is 374 g/mol. The van der Waals surface area contributed by atoms with Crippen LogP contribution in [-0.2, 0) is 6.42 Å². The molecule has 2 aromatic carbocycles. The van der Waals surface area contributed by atoms with Gasteiger partial charge < -0.3 is 20.1 Å². The van der Waals surface area contributed by atoms with E-state index in [-0.39, 0.29) is 41.1 Å². The maximum absolute atomic E-state index is 13.1. The fraction of sp³-hybridized carbons (Fsp3) is 0.278. The Morgan fingerprint density at radius 3 is 2.63 bits per heavy atom. The first-order valence-corrected chi connectivity index (χ1v) is 8.07. The Morgan fingerprint density at radius 1 is 1.26 bits per heavy atom. The number of benzene rings is 2. The second kappa shape index (κ2) is 8.13. The van der Waals surface area contributed by atoms with Crippen LogP contribution in [0.25, 0.3) is 0 Å². The van der Waals surface area contributed by atoms with Crippen LogP contribution in [0.2, 0.25) is 0 Å². The molecule has 0 saturated heterocycles. The number of halogens is 1. The average molecular weight is 394 g/mol. The van der Waals surface area contributed by atoms with Gasteiger partial charge in [0.15, 0.2) is 5.75 Å². The molecule has 144 valence electrons. The number of nitro groups is 1. The van der Waals surface area contributed by atoms with E-state index in [1.165, 1.54) is 26.4 Å². The van der Waals surface area contributed by atoms with Crippen LogP contribution in [0.4, 0.5) is 17.1 Å². The molecule has 2 N–H and O–H groups in total. The summed E-state index contributed by atoms with van der Waals surface area (Å²) in [7, 11) is 2.68. The van der Waals surface area contributed by atoms with E-state index in [4.69, 9.17) is 15.2 Å². The Kier molecular flexibility index (Phi) is 6.12. The van der Waals surface area contributed by atoms with E-state index in [9.17, 15) is 14.9 Å². The largest absolute Gasteiger partial charge is 0.493 e. The SMILES string of the molecule is COc1cc(C(=O)N2CCCc3c(N)cccc32)cc([N+](=O)[O-])c1OC.Cl. The van der Waals surface area contributed by atoms with Crippen molar-refractivity contribution in [1.29, 1.82) is 0 Å². The number of hydrogen-bond donors (Lipinski definition) is 1. The Hall–Kier alpha value is -3.00. The molecule has 0 unspecified atom stereocenters. The highest BCUT2D eigenvalue weighted by atomic mass is 35.5. The molecular formula is C18H20ClN3O5. The van der Waals surface area contributed by atoms with Crippen LogP contribution >= 0.6 is 12.4 Å². The number of methoxy groups -OCH3 is 2. The first-order valence-electron chi connectivity index (χ1n) is 8.07. The number of fused-ring (bicyclic) bond motifs is 1. The zero-order valence-electron chi connectivity index (χ0n) is 14.9. The third kappa shape index (κ3) is 3.61. The molecule has 1 amide bonds. The normalized spacial score (nSPS) is 12.6. The molecule has 0 bridgehead atoms. The van der Waals surface area contributed by atoms with Crippen molar-refractivity contribution >= 4 is 35.4 Å². The van der Waals surface area contributed by atoms with E-state index in [0.29, 0.717) is 12.2 Å². The second-order valence-electron chi connectivity index (χ2n) is 5.89. The number of carbonyl (C=O) groups is 1. The van der Waals surface area contributed by atoms with Crippen molar-refractivity contribution in [2.24, 2.45) is 0 Å². The van der Waals surface area contributed by atoms with Gasteiger partial charge in [0.05, 0.1) is 24.7 Å². The van der Waals surface area contributed by atoms with E-state index in [0.717, 1.165) is 24.1 Å². The maximum atomic E-state index is 13.1. The van der Waals surface area contributed by atoms with Gasteiger partial charge in [-0.2, -0.15) is 0 Å². The first kappa shape index (κ1) is 20.3. The number of amides is 1. The van der Waals surface area contributed by atoms with Crippen molar-refractivity contribution < 1.29 is 19.2 Å². The monoisotopic (exact) mass is 393 g/mol. The summed E-state index contributed by atoms with van der Waals surface area (Å²) in [5.74, 6) is -0.229. The summed E-state index contributed by atoms with van der Waals surface area (Å²) in [5, 5.41) is 11.4. The van der Waals surface area contributed by atoms with Gasteiger partial charge in [-0.1, -0.05) is 6.07 Å². The summed E-state index contributed by atoms with van der Waals surface area (Å²) in [6.45, 7) is 0.511. The maximum Gasteiger partial charge on any atom is 0.315 e. The standard InChI is InChI=1S/C18H19N3O5.ClH/c1-25-16-10-11(9-15(21(23)24)17(16)26-2)18(22)20-8-4-5-12-13(19)6-3-7-14(12)20;/h3,6-7,9-10H,4-5,8,19H2,1-2H3;1H. The van der Waals surface area contributed by atoms with Crippen molar-refractivity contribution in [2.75, 3.05) is 31.4 Å². The van der Waals surface area contributed by atoms with Crippen molar-refractivity contribution in [3.05, 3.63) is 51.6 Å². The summed E-state index contributed by atoms with van der Waals surface area (Å²) in [5.41, 5.74) is 8.15. The number of hydrogen-bond acceptors (Lipinski definition) is 6. The molecule has 0 radical (unpaired) electrons. The third-order valence-electron chi connectivity index (χ3n) is 4.43. The van der Waals surface area contributed by atoms with E-state index < -0.39 is 4.92 Å². The highest BCUT2D eigenvalue weighted by Gasteiger charge is 2.29. The van der Waals surface area contributed by atoms with Gasteiger partial charge in [0.1, 0.15) is 0 Å². The van der Waals surface area contributed by atoms with Crippen molar-refractivity contribution in [2.45, 2.75) is 12.8 Å². The fourth-order valence-corrected chi connectivity index (χ4v) is 3.22. The third-order valence-corrected chi connectivity index (χ3v) is 4.43. The lowest BCUT2D eigenvalue weighted by Crippen LogP contribution is -2.35. The van der Waals surface area contributed by atoms with Crippen LogP contribution in [0.3, 0.4) is 0 Å². The van der Waals surface area contributed by atoms with Gasteiger partial charge in [-0.15, -0.1) is 12.4 Å². The van der Waals surface area contributed by atoms with Crippen LogP contribution in [0.15, 0.2) is 30.3 Å². The minimum absolute atomic E-state index is 0. The predicted octanol–water partition coefficient (Wildman–Crippen LogP) is 3.21. The quantitative estimate of drug-likeness (QED) is 0.485. The van der Waals surface area contributed by atoms with Crippen molar-refractivity contribution in [3.8, 4) is 11.5 Å². The Morgan fingerprint density at radius 2 is 2.00 bits per heavy atom. The molecule has 0 fully saturated rings. The lowest BCUT2D eigenvalue weighted by Gasteiger charge is -2.30. The van der Waals surface area contributed by atoms with Crippen molar-refractivity contribution in [3.63, 3.8) is 0 Å². The average Bonchev–Trinajstić information content (AvgIpc) is 2.66. The number of ether oxygens (including phenoxy) is 2. The molecule has 1 aliphatic heterocycles. The second-order valence-corrected chi connectivity index (χ2v) is 5.89. The molecule has 0 aromatic heterocycles. The van der Waals surface area contributed by atoms with Gasteiger partial charge in [0.25, 0.3) is 5.91 Å². The van der Waals surface area contributed by atoms with E-state index in [1.807, 2.05) is 6.07 Å². The van der Waals surface area contributed by atoms with Crippen LogP contribution in [-0.4, -0.2) is 31.6 Å². The smallest absolute Gasteiger partial charge is 0.315 e. The summed E-state index contributed by atoms with van der Waals surface area (Å²) in [6.07, 6.45) is 1.56. The van der Waals surface area contributed by atoms with Crippen LogP contribution in [0.5, 0.6) is 11.5 Å². The number of nitrogens with zero attached hydrogens (tertiary/aromatic N) is 2. The van der Waals surface area contributed by atoms with Crippen molar-refractivity contribution in [1.82, 2.24) is 0 Å². The molecule has 0 atom stereocenters. The van der Waals surface area contributed by atoms with Gasteiger partial charge in [-0.25, -0.2) is 0 Å². The molecule has 9 heteroatoms. The topological polar surface area (TPSA) is 108 Å². The number of carbonyl (C=O) groups excluding carboxylic acids is 1. The number of anilines is 2. The molecule has 1 aliphatic rings. The lowest BCUT2D eigenvalue weighted by atomic mass is 9.99. The van der Waals surface area contributed by atoms with Gasteiger partial charge in [-0.3, -0.25) is 14.9 Å². The van der Waals surface area contributed by atoms with Gasteiger partial charge in [-0.05, 0) is 36.6 Å².